The van der Waals surface area contributed by atoms with Gasteiger partial charge in [-0.25, -0.2) is 9.97 Å². The minimum atomic E-state index is -0.470. The van der Waals surface area contributed by atoms with Gasteiger partial charge in [0.2, 0.25) is 5.91 Å². The molecule has 0 radical (unpaired) electrons. The average molecular weight is 344 g/mol. The number of hydrogen-bond acceptors (Lipinski definition) is 5. The highest BCUT2D eigenvalue weighted by molar-refractivity contribution is 5.93. The van der Waals surface area contributed by atoms with Gasteiger partial charge >= 0.3 is 0 Å². The van der Waals surface area contributed by atoms with Crippen LogP contribution < -0.4 is 16.8 Å². The van der Waals surface area contributed by atoms with E-state index in [0.717, 1.165) is 22.2 Å². The predicted molar refractivity (Wildman–Crippen MR) is 102 cm³/mol. The Morgan fingerprint density at radius 1 is 1.08 bits per heavy atom. The first-order chi connectivity index (χ1) is 12.6. The SMILES string of the molecule is NC(=O)c1ccc(-c2cnc(N)c(Nc3ccc4[nH]ccc4c3)n2)cc1. The molecule has 2 aromatic heterocycles. The van der Waals surface area contributed by atoms with Gasteiger partial charge in [0.25, 0.3) is 0 Å². The molecule has 0 fully saturated rings. The number of nitrogens with zero attached hydrogens (tertiary/aromatic N) is 2. The molecule has 6 N–H and O–H groups in total. The minimum absolute atomic E-state index is 0.302. The largest absolute Gasteiger partial charge is 0.381 e. The van der Waals surface area contributed by atoms with Crippen molar-refractivity contribution < 1.29 is 4.79 Å². The molecule has 128 valence electrons. The number of H-pyrrole nitrogens is 1. The Morgan fingerprint density at radius 2 is 1.88 bits per heavy atom. The number of anilines is 3. The highest BCUT2D eigenvalue weighted by Gasteiger charge is 2.09. The first kappa shape index (κ1) is 15.6. The Bertz CT molecular complexity index is 1100. The zero-order valence-electron chi connectivity index (χ0n) is 13.7. The van der Waals surface area contributed by atoms with E-state index in [1.54, 1.807) is 30.5 Å². The maximum atomic E-state index is 11.2. The van der Waals surface area contributed by atoms with Gasteiger partial charge in [-0.15, -0.1) is 0 Å². The molecule has 0 spiro atoms. The monoisotopic (exact) mass is 344 g/mol. The summed E-state index contributed by atoms with van der Waals surface area (Å²) in [5.74, 6) is 0.301. The van der Waals surface area contributed by atoms with Crippen LogP contribution in [0.5, 0.6) is 0 Å². The van der Waals surface area contributed by atoms with Gasteiger partial charge in [-0.1, -0.05) is 12.1 Å². The highest BCUT2D eigenvalue weighted by Crippen LogP contribution is 2.26. The number of nitrogen functional groups attached to an aromatic ring is 1. The van der Waals surface area contributed by atoms with Crippen molar-refractivity contribution in [2.24, 2.45) is 5.73 Å². The number of nitrogens with two attached hydrogens (primary N) is 2. The molecule has 2 aromatic carbocycles. The van der Waals surface area contributed by atoms with Gasteiger partial charge in [0.1, 0.15) is 0 Å². The Labute approximate surface area is 149 Å². The van der Waals surface area contributed by atoms with E-state index in [4.69, 9.17) is 11.5 Å². The van der Waals surface area contributed by atoms with E-state index in [1.807, 2.05) is 30.5 Å². The van der Waals surface area contributed by atoms with E-state index in [0.29, 0.717) is 22.9 Å². The number of carbonyl (C=O) groups excluding carboxylic acids is 1. The van der Waals surface area contributed by atoms with E-state index in [-0.39, 0.29) is 0 Å². The van der Waals surface area contributed by atoms with Crippen LogP contribution in [0.1, 0.15) is 10.4 Å². The number of rotatable bonds is 4. The lowest BCUT2D eigenvalue weighted by Gasteiger charge is -2.10. The number of primary amides is 1. The van der Waals surface area contributed by atoms with Crippen LogP contribution in [-0.4, -0.2) is 20.9 Å². The van der Waals surface area contributed by atoms with E-state index < -0.39 is 5.91 Å². The highest BCUT2D eigenvalue weighted by atomic mass is 16.1. The molecule has 7 heteroatoms. The summed E-state index contributed by atoms with van der Waals surface area (Å²) in [6.07, 6.45) is 3.48. The molecule has 0 saturated heterocycles. The average Bonchev–Trinajstić information content (AvgIpc) is 3.11. The minimum Gasteiger partial charge on any atom is -0.381 e. The van der Waals surface area contributed by atoms with Crippen LogP contribution >= 0.6 is 0 Å². The molecular weight excluding hydrogens is 328 g/mol. The van der Waals surface area contributed by atoms with Crippen molar-refractivity contribution >= 4 is 34.1 Å². The van der Waals surface area contributed by atoms with E-state index in [9.17, 15) is 4.79 Å². The fourth-order valence-electron chi connectivity index (χ4n) is 2.70. The molecule has 26 heavy (non-hydrogen) atoms. The molecule has 4 rings (SSSR count). The number of benzene rings is 2. The molecule has 0 unspecified atom stereocenters. The molecule has 0 aliphatic carbocycles. The summed E-state index contributed by atoms with van der Waals surface area (Å²) < 4.78 is 0. The fraction of sp³-hybridized carbons (Fsp3) is 0. The number of nitrogens with one attached hydrogen (secondary N) is 2. The Kier molecular flexibility index (Phi) is 3.74. The van der Waals surface area contributed by atoms with Crippen LogP contribution in [0.4, 0.5) is 17.3 Å². The van der Waals surface area contributed by atoms with E-state index in [1.165, 1.54) is 0 Å². The summed E-state index contributed by atoms with van der Waals surface area (Å²) in [4.78, 5) is 23.1. The molecule has 0 aliphatic heterocycles. The van der Waals surface area contributed by atoms with Gasteiger partial charge in [0.05, 0.1) is 11.9 Å². The third-order valence-electron chi connectivity index (χ3n) is 4.08. The van der Waals surface area contributed by atoms with E-state index in [2.05, 4.69) is 20.3 Å². The number of fused-ring (bicyclic) bond motifs is 1. The third kappa shape index (κ3) is 2.93. The standard InChI is InChI=1S/C19H16N6O/c20-17-19(24-14-5-6-15-13(9-14)7-8-22-15)25-16(10-23-17)11-1-3-12(4-2-11)18(21)26/h1-10,22H,(H2,20,23)(H2,21,26)(H,24,25). The first-order valence-corrected chi connectivity index (χ1v) is 7.97. The lowest BCUT2D eigenvalue weighted by molar-refractivity contribution is 0.100. The van der Waals surface area contributed by atoms with Crippen LogP contribution in [0.25, 0.3) is 22.2 Å². The van der Waals surface area contributed by atoms with Crippen LogP contribution in [0.15, 0.2) is 60.9 Å². The maximum Gasteiger partial charge on any atom is 0.248 e. The summed E-state index contributed by atoms with van der Waals surface area (Å²) in [5.41, 5.74) is 15.0. The fourth-order valence-corrected chi connectivity index (χ4v) is 2.70. The smallest absolute Gasteiger partial charge is 0.248 e. The predicted octanol–water partition coefficient (Wildman–Crippen LogP) is 3.05. The maximum absolute atomic E-state index is 11.2. The quantitative estimate of drug-likeness (QED) is 0.453. The Hall–Kier alpha value is -3.87. The zero-order chi connectivity index (χ0) is 18.1. The zero-order valence-corrected chi connectivity index (χ0v) is 13.7. The van der Waals surface area contributed by atoms with Crippen LogP contribution in [-0.2, 0) is 0 Å². The number of aromatic amines is 1. The topological polar surface area (TPSA) is 123 Å². The molecule has 4 aromatic rings. The molecule has 0 saturated carbocycles. The Morgan fingerprint density at radius 3 is 2.65 bits per heavy atom. The van der Waals surface area contributed by atoms with Gasteiger partial charge in [-0.2, -0.15) is 0 Å². The Balaban J connectivity index is 1.66. The van der Waals surface area contributed by atoms with Crippen molar-refractivity contribution in [2.45, 2.75) is 0 Å². The molecule has 2 heterocycles. The van der Waals surface area contributed by atoms with Crippen molar-refractivity contribution in [3.05, 3.63) is 66.5 Å². The molecule has 7 nitrogen and oxygen atoms in total. The number of hydrogen-bond donors (Lipinski definition) is 4. The normalized spacial score (nSPS) is 10.8. The van der Waals surface area contributed by atoms with Crippen molar-refractivity contribution in [1.29, 1.82) is 0 Å². The lowest BCUT2D eigenvalue weighted by atomic mass is 10.1. The molecule has 1 amide bonds. The second-order valence-corrected chi connectivity index (χ2v) is 5.84. The van der Waals surface area contributed by atoms with Gasteiger partial charge in [-0.3, -0.25) is 4.79 Å². The molecule has 0 atom stereocenters. The van der Waals surface area contributed by atoms with Crippen LogP contribution in [0.3, 0.4) is 0 Å². The number of carbonyl (C=O) groups is 1. The van der Waals surface area contributed by atoms with Gasteiger partial charge in [0.15, 0.2) is 11.6 Å². The summed E-state index contributed by atoms with van der Waals surface area (Å²) >= 11 is 0. The second-order valence-electron chi connectivity index (χ2n) is 5.84. The third-order valence-corrected chi connectivity index (χ3v) is 4.08. The van der Waals surface area contributed by atoms with Crippen molar-refractivity contribution in [3.8, 4) is 11.3 Å². The van der Waals surface area contributed by atoms with Crippen molar-refractivity contribution in [3.63, 3.8) is 0 Å². The summed E-state index contributed by atoms with van der Waals surface area (Å²) in [7, 11) is 0. The second kappa shape index (κ2) is 6.21. The number of aromatic nitrogens is 3. The first-order valence-electron chi connectivity index (χ1n) is 7.97. The lowest BCUT2D eigenvalue weighted by Crippen LogP contribution is -2.10. The van der Waals surface area contributed by atoms with Crippen LogP contribution in [0.2, 0.25) is 0 Å². The number of amides is 1. The van der Waals surface area contributed by atoms with E-state index >= 15 is 0 Å². The summed E-state index contributed by atoms with van der Waals surface area (Å²) in [6, 6.07) is 14.8. The summed E-state index contributed by atoms with van der Waals surface area (Å²) in [5, 5.41) is 4.29. The molecule has 0 aliphatic rings. The summed E-state index contributed by atoms with van der Waals surface area (Å²) in [6.45, 7) is 0. The van der Waals surface area contributed by atoms with Gasteiger partial charge in [-0.05, 0) is 36.4 Å². The molecular formula is C19H16N6O. The molecule has 0 bridgehead atoms. The van der Waals surface area contributed by atoms with Gasteiger partial charge < -0.3 is 21.8 Å². The van der Waals surface area contributed by atoms with Crippen molar-refractivity contribution in [1.82, 2.24) is 15.0 Å². The van der Waals surface area contributed by atoms with Gasteiger partial charge in [0, 0.05) is 33.9 Å². The van der Waals surface area contributed by atoms with Crippen molar-refractivity contribution in [2.75, 3.05) is 11.1 Å². The van der Waals surface area contributed by atoms with Crippen LogP contribution in [0, 0.1) is 0 Å².